The predicted octanol–water partition coefficient (Wildman–Crippen LogP) is 3.09. The first-order chi connectivity index (χ1) is 13.9. The van der Waals surface area contributed by atoms with Crippen molar-refractivity contribution in [3.05, 3.63) is 69.6 Å². The number of hydrogen-bond acceptors (Lipinski definition) is 7. The van der Waals surface area contributed by atoms with Crippen LogP contribution in [0.4, 0.5) is 0 Å². The van der Waals surface area contributed by atoms with Crippen molar-refractivity contribution in [1.82, 2.24) is 0 Å². The van der Waals surface area contributed by atoms with Crippen LogP contribution in [-0.2, 0) is 16.0 Å². The smallest absolute Gasteiger partial charge is 0.340 e. The summed E-state index contributed by atoms with van der Waals surface area (Å²) in [4.78, 5) is 36.1. The van der Waals surface area contributed by atoms with Crippen molar-refractivity contribution in [1.29, 1.82) is 0 Å². The van der Waals surface area contributed by atoms with Crippen molar-refractivity contribution in [3.8, 4) is 11.5 Å². The standard InChI is InChI=1S/C22H20O7/c1-13-17-8-7-16(10-20(17)29-22(25)18(13)11-21(24)27-3)28-12-19(23)14-5-4-6-15(9-14)26-2/h4-10H,11-12H2,1-3H3. The Morgan fingerprint density at radius 2 is 1.83 bits per heavy atom. The maximum absolute atomic E-state index is 12.3. The van der Waals surface area contributed by atoms with Crippen LogP contribution in [0.25, 0.3) is 11.0 Å². The van der Waals surface area contributed by atoms with Gasteiger partial charge < -0.3 is 18.6 Å². The van der Waals surface area contributed by atoms with Crippen molar-refractivity contribution in [2.24, 2.45) is 0 Å². The third-order valence-corrected chi connectivity index (χ3v) is 4.57. The number of hydrogen-bond donors (Lipinski definition) is 0. The Bertz CT molecular complexity index is 1130. The normalized spacial score (nSPS) is 10.6. The van der Waals surface area contributed by atoms with Crippen LogP contribution in [0.1, 0.15) is 21.5 Å². The molecule has 0 unspecified atom stereocenters. The molecule has 3 aromatic rings. The van der Waals surface area contributed by atoms with Crippen LogP contribution >= 0.6 is 0 Å². The Morgan fingerprint density at radius 1 is 1.03 bits per heavy atom. The van der Waals surface area contributed by atoms with Crippen LogP contribution in [0.2, 0.25) is 0 Å². The first-order valence-electron chi connectivity index (χ1n) is 8.86. The van der Waals surface area contributed by atoms with Crippen LogP contribution in [-0.4, -0.2) is 32.6 Å². The number of ether oxygens (including phenoxy) is 3. The Balaban J connectivity index is 1.81. The van der Waals surface area contributed by atoms with Crippen molar-refractivity contribution >= 4 is 22.7 Å². The summed E-state index contributed by atoms with van der Waals surface area (Å²) in [6, 6.07) is 11.7. The van der Waals surface area contributed by atoms with E-state index in [2.05, 4.69) is 4.74 Å². The molecule has 29 heavy (non-hydrogen) atoms. The van der Waals surface area contributed by atoms with E-state index in [1.807, 2.05) is 0 Å². The third kappa shape index (κ3) is 4.45. The molecule has 0 aliphatic rings. The second-order valence-electron chi connectivity index (χ2n) is 6.35. The summed E-state index contributed by atoms with van der Waals surface area (Å²) < 4.78 is 20.6. The number of aryl methyl sites for hydroxylation is 1. The molecule has 3 rings (SSSR count). The lowest BCUT2D eigenvalue weighted by Gasteiger charge is -2.10. The molecule has 7 heteroatoms. The van der Waals surface area contributed by atoms with Gasteiger partial charge in [-0.2, -0.15) is 0 Å². The highest BCUT2D eigenvalue weighted by Gasteiger charge is 2.16. The SMILES string of the molecule is COC(=O)Cc1c(C)c2ccc(OCC(=O)c3cccc(OC)c3)cc2oc1=O. The lowest BCUT2D eigenvalue weighted by Crippen LogP contribution is -2.16. The molecule has 150 valence electrons. The molecule has 2 aromatic carbocycles. The van der Waals surface area contributed by atoms with Gasteiger partial charge in [-0.25, -0.2) is 4.79 Å². The summed E-state index contributed by atoms with van der Waals surface area (Å²) in [6.07, 6.45) is -0.159. The maximum atomic E-state index is 12.3. The average molecular weight is 396 g/mol. The molecule has 0 aliphatic heterocycles. The molecule has 0 radical (unpaired) electrons. The van der Waals surface area contributed by atoms with E-state index in [0.29, 0.717) is 33.6 Å². The number of benzene rings is 2. The maximum Gasteiger partial charge on any atom is 0.340 e. The minimum absolute atomic E-state index is 0.159. The molecule has 0 saturated carbocycles. The summed E-state index contributed by atoms with van der Waals surface area (Å²) in [5.74, 6) is 0.240. The first-order valence-corrected chi connectivity index (χ1v) is 8.86. The zero-order chi connectivity index (χ0) is 21.0. The van der Waals surface area contributed by atoms with Gasteiger partial charge in [0, 0.05) is 17.0 Å². The highest BCUT2D eigenvalue weighted by Crippen LogP contribution is 2.25. The minimum atomic E-state index is -0.606. The van der Waals surface area contributed by atoms with Gasteiger partial charge in [-0.3, -0.25) is 9.59 Å². The highest BCUT2D eigenvalue weighted by atomic mass is 16.5. The van der Waals surface area contributed by atoms with Crippen LogP contribution in [0.5, 0.6) is 11.5 Å². The van der Waals surface area contributed by atoms with E-state index in [1.54, 1.807) is 49.4 Å². The number of ketones is 1. The molecule has 0 N–H and O–H groups in total. The van der Waals surface area contributed by atoms with Gasteiger partial charge in [-0.1, -0.05) is 12.1 Å². The number of fused-ring (bicyclic) bond motifs is 1. The summed E-state index contributed by atoms with van der Waals surface area (Å²) in [7, 11) is 2.79. The average Bonchev–Trinajstić information content (AvgIpc) is 2.74. The van der Waals surface area contributed by atoms with E-state index < -0.39 is 11.6 Å². The molecular weight excluding hydrogens is 376 g/mol. The Labute approximate surface area is 166 Å². The lowest BCUT2D eigenvalue weighted by molar-refractivity contribution is -0.139. The monoisotopic (exact) mass is 396 g/mol. The van der Waals surface area contributed by atoms with Crippen molar-refractivity contribution in [2.75, 3.05) is 20.8 Å². The van der Waals surface area contributed by atoms with Gasteiger partial charge in [-0.15, -0.1) is 0 Å². The van der Waals surface area contributed by atoms with Gasteiger partial charge in [0.1, 0.15) is 17.1 Å². The Kier molecular flexibility index (Phi) is 5.97. The van der Waals surface area contributed by atoms with Crippen molar-refractivity contribution in [2.45, 2.75) is 13.3 Å². The van der Waals surface area contributed by atoms with Gasteiger partial charge in [0.15, 0.2) is 12.4 Å². The molecule has 0 amide bonds. The molecule has 0 aliphatic carbocycles. The summed E-state index contributed by atoms with van der Waals surface area (Å²) in [5, 5.41) is 0.676. The predicted molar refractivity (Wildman–Crippen MR) is 106 cm³/mol. The van der Waals surface area contributed by atoms with Crippen molar-refractivity contribution < 1.29 is 28.2 Å². The Morgan fingerprint density at radius 3 is 2.55 bits per heavy atom. The summed E-state index contributed by atoms with van der Waals surface area (Å²) >= 11 is 0. The molecule has 0 bridgehead atoms. The van der Waals surface area contributed by atoms with Crippen molar-refractivity contribution in [3.63, 3.8) is 0 Å². The van der Waals surface area contributed by atoms with E-state index in [9.17, 15) is 14.4 Å². The highest BCUT2D eigenvalue weighted by molar-refractivity contribution is 5.97. The minimum Gasteiger partial charge on any atom is -0.497 e. The van der Waals surface area contributed by atoms with E-state index in [-0.39, 0.29) is 24.4 Å². The second-order valence-corrected chi connectivity index (χ2v) is 6.35. The van der Waals surface area contributed by atoms with Crippen LogP contribution < -0.4 is 15.1 Å². The van der Waals surface area contributed by atoms with E-state index in [4.69, 9.17) is 13.9 Å². The number of Topliss-reactive ketones (excluding diaryl/α,β-unsaturated/α-hetero) is 1. The van der Waals surface area contributed by atoms with Crippen LogP contribution in [0.3, 0.4) is 0 Å². The lowest BCUT2D eigenvalue weighted by atomic mass is 10.0. The van der Waals surface area contributed by atoms with E-state index in [0.717, 1.165) is 0 Å². The fourth-order valence-electron chi connectivity index (χ4n) is 2.91. The van der Waals surface area contributed by atoms with Crippen LogP contribution in [0.15, 0.2) is 51.7 Å². The number of carbonyl (C=O) groups excluding carboxylic acids is 2. The number of carbonyl (C=O) groups is 2. The van der Waals surface area contributed by atoms with E-state index in [1.165, 1.54) is 14.2 Å². The number of methoxy groups -OCH3 is 2. The van der Waals surface area contributed by atoms with Gasteiger partial charge in [0.2, 0.25) is 0 Å². The fourth-order valence-corrected chi connectivity index (χ4v) is 2.91. The van der Waals surface area contributed by atoms with Gasteiger partial charge >= 0.3 is 11.6 Å². The number of rotatable bonds is 7. The molecule has 0 atom stereocenters. The molecule has 7 nitrogen and oxygen atoms in total. The van der Waals surface area contributed by atoms with E-state index >= 15 is 0 Å². The molecule has 0 spiro atoms. The van der Waals surface area contributed by atoms with Gasteiger partial charge in [0.05, 0.1) is 26.2 Å². The molecular formula is C22H20O7. The number of esters is 1. The van der Waals surface area contributed by atoms with Gasteiger partial charge in [0.25, 0.3) is 0 Å². The molecule has 0 saturated heterocycles. The second kappa shape index (κ2) is 8.60. The largest absolute Gasteiger partial charge is 0.497 e. The molecule has 1 heterocycles. The quantitative estimate of drug-likeness (QED) is 0.344. The molecule has 0 fully saturated rings. The summed E-state index contributed by atoms with van der Waals surface area (Å²) in [5.41, 5.74) is 1.07. The zero-order valence-electron chi connectivity index (χ0n) is 16.3. The first kappa shape index (κ1) is 20.1. The Hall–Kier alpha value is -3.61. The topological polar surface area (TPSA) is 92.0 Å². The zero-order valence-corrected chi connectivity index (χ0v) is 16.3. The van der Waals surface area contributed by atoms with Crippen LogP contribution in [0, 0.1) is 6.92 Å². The summed E-state index contributed by atoms with van der Waals surface area (Å²) in [6.45, 7) is 1.56. The molecule has 1 aromatic heterocycles. The van der Waals surface area contributed by atoms with Gasteiger partial charge in [-0.05, 0) is 36.8 Å². The fraction of sp³-hybridized carbons (Fsp3) is 0.227. The third-order valence-electron chi connectivity index (χ3n) is 4.57.